The van der Waals surface area contributed by atoms with E-state index in [0.29, 0.717) is 6.54 Å². The first-order chi connectivity index (χ1) is 16.7. The van der Waals surface area contributed by atoms with Crippen molar-refractivity contribution in [1.29, 1.82) is 0 Å². The molecule has 1 aromatic heterocycles. The number of aliphatic hydroxyl groups is 3. The van der Waals surface area contributed by atoms with Crippen LogP contribution in [0.3, 0.4) is 0 Å². The molecular formula is C24H29ClN4O7. The van der Waals surface area contributed by atoms with E-state index in [-0.39, 0.29) is 46.4 Å². The molecule has 7 N–H and O–H groups in total. The highest BCUT2D eigenvalue weighted by Crippen LogP contribution is 2.53. The van der Waals surface area contributed by atoms with Gasteiger partial charge >= 0.3 is 0 Å². The van der Waals surface area contributed by atoms with Crippen LogP contribution in [-0.2, 0) is 16.0 Å². The van der Waals surface area contributed by atoms with E-state index in [2.05, 4.69) is 10.3 Å². The van der Waals surface area contributed by atoms with Crippen molar-refractivity contribution in [2.24, 2.45) is 23.5 Å². The van der Waals surface area contributed by atoms with E-state index in [0.717, 1.165) is 0 Å². The quantitative estimate of drug-likeness (QED) is 0.243. The lowest BCUT2D eigenvalue weighted by atomic mass is 9.58. The number of Topliss-reactive ketones (excluding diaryl/α,β-unsaturated/α-hetero) is 2. The predicted octanol–water partition coefficient (Wildman–Crippen LogP) is 1.24. The summed E-state index contributed by atoms with van der Waals surface area (Å²) in [6, 6.07) is -1.06. The van der Waals surface area contributed by atoms with Gasteiger partial charge in [0, 0.05) is 23.6 Å². The molecule has 0 saturated heterocycles. The van der Waals surface area contributed by atoms with Crippen molar-refractivity contribution >= 4 is 34.9 Å². The smallest absolute Gasteiger partial charge is 0.255 e. The Morgan fingerprint density at radius 2 is 1.92 bits per heavy atom. The normalized spacial score (nSPS) is 27.8. The number of rotatable bonds is 5. The van der Waals surface area contributed by atoms with Gasteiger partial charge in [-0.1, -0.05) is 25.4 Å². The molecule has 0 fully saturated rings. The van der Waals surface area contributed by atoms with Crippen LogP contribution in [0.4, 0.5) is 5.82 Å². The summed E-state index contributed by atoms with van der Waals surface area (Å²) in [7, 11) is 3.13. The number of carbonyl (C=O) groups is 3. The lowest BCUT2D eigenvalue weighted by Gasteiger charge is -2.50. The number of halogens is 1. The summed E-state index contributed by atoms with van der Waals surface area (Å²) >= 11 is 6.41. The number of hydrogen-bond donors (Lipinski definition) is 6. The van der Waals surface area contributed by atoms with Crippen LogP contribution in [0.5, 0.6) is 5.75 Å². The zero-order valence-corrected chi connectivity index (χ0v) is 21.0. The molecule has 0 aliphatic heterocycles. The summed E-state index contributed by atoms with van der Waals surface area (Å²) in [4.78, 5) is 44.7. The summed E-state index contributed by atoms with van der Waals surface area (Å²) in [5.41, 5.74) is 1.65. The molecular weight excluding hydrogens is 492 g/mol. The summed E-state index contributed by atoms with van der Waals surface area (Å²) in [6.07, 6.45) is 0.0641. The Balaban J connectivity index is 1.91. The Labute approximate surface area is 212 Å². The Morgan fingerprint density at radius 3 is 2.47 bits per heavy atom. The molecule has 1 amide bonds. The van der Waals surface area contributed by atoms with E-state index < -0.39 is 63.8 Å². The van der Waals surface area contributed by atoms with Crippen molar-refractivity contribution in [3.05, 3.63) is 38.9 Å². The van der Waals surface area contributed by atoms with Gasteiger partial charge in [-0.2, -0.15) is 0 Å². The largest absolute Gasteiger partial charge is 0.510 e. The van der Waals surface area contributed by atoms with Gasteiger partial charge in [0.15, 0.2) is 23.0 Å². The van der Waals surface area contributed by atoms with Gasteiger partial charge in [0.2, 0.25) is 5.78 Å². The summed E-state index contributed by atoms with van der Waals surface area (Å²) < 4.78 is 0. The molecule has 36 heavy (non-hydrogen) atoms. The van der Waals surface area contributed by atoms with Crippen molar-refractivity contribution < 1.29 is 34.8 Å². The molecule has 0 unspecified atom stereocenters. The van der Waals surface area contributed by atoms with Gasteiger partial charge in [-0.15, -0.1) is 0 Å². The fraction of sp³-hybridized carbons (Fsp3) is 0.500. The molecule has 3 aliphatic carbocycles. The van der Waals surface area contributed by atoms with Crippen LogP contribution in [0.25, 0.3) is 0 Å². The monoisotopic (exact) mass is 520 g/mol. The lowest BCUT2D eigenvalue weighted by molar-refractivity contribution is -0.148. The number of primary amides is 1. The Bertz CT molecular complexity index is 1260. The third kappa shape index (κ3) is 3.56. The lowest BCUT2D eigenvalue weighted by Crippen LogP contribution is -2.63. The van der Waals surface area contributed by atoms with Crippen molar-refractivity contribution in [2.75, 3.05) is 26.0 Å². The third-order valence-corrected chi connectivity index (χ3v) is 7.53. The maximum Gasteiger partial charge on any atom is 0.255 e. The number of likely N-dealkylation sites (N-methyl/N-ethyl adjacent to an activating group) is 1. The van der Waals surface area contributed by atoms with Gasteiger partial charge in [-0.3, -0.25) is 19.3 Å². The number of carbonyl (C=O) groups excluding carboxylic acids is 3. The topological polar surface area (TPSA) is 186 Å². The fourth-order valence-electron chi connectivity index (χ4n) is 5.59. The van der Waals surface area contributed by atoms with E-state index in [1.165, 1.54) is 4.90 Å². The number of aliphatic hydroxyl groups excluding tert-OH is 2. The average molecular weight is 521 g/mol. The first-order valence-corrected chi connectivity index (χ1v) is 11.9. The number of pyridine rings is 1. The van der Waals surface area contributed by atoms with Crippen LogP contribution in [0.1, 0.15) is 36.2 Å². The number of ketones is 2. The van der Waals surface area contributed by atoms with Crippen molar-refractivity contribution in [1.82, 2.24) is 9.88 Å². The number of fused-ring (bicyclic) bond motifs is 3. The number of amides is 1. The van der Waals surface area contributed by atoms with E-state index in [1.54, 1.807) is 14.1 Å². The van der Waals surface area contributed by atoms with Crippen LogP contribution < -0.4 is 11.1 Å². The number of aromatic nitrogens is 1. The molecule has 0 spiro atoms. The zero-order valence-electron chi connectivity index (χ0n) is 20.3. The molecule has 0 saturated carbocycles. The second kappa shape index (κ2) is 8.75. The van der Waals surface area contributed by atoms with Crippen molar-refractivity contribution in [3.63, 3.8) is 0 Å². The molecule has 4 atom stereocenters. The molecule has 1 heterocycles. The van der Waals surface area contributed by atoms with Gasteiger partial charge in [0.25, 0.3) is 5.91 Å². The highest BCUT2D eigenvalue weighted by molar-refractivity contribution is 6.32. The Morgan fingerprint density at radius 1 is 1.28 bits per heavy atom. The molecule has 0 radical (unpaired) electrons. The Hall–Kier alpha value is -3.15. The predicted molar refractivity (Wildman–Crippen MR) is 130 cm³/mol. The highest BCUT2D eigenvalue weighted by atomic mass is 35.5. The first-order valence-electron chi connectivity index (χ1n) is 11.5. The van der Waals surface area contributed by atoms with Gasteiger partial charge in [0.1, 0.15) is 22.2 Å². The standard InChI is InChI=1S/C24H29ClN4O7/c1-8(2)7-27-23-18(32)13-10(21(25)28-23)5-9-6-11-15(29(3)4)17(31)14(22(26)35)20(34)24(11,36)19(33)12(9)16(13)30/h8-9,11,15,31-33,36H,5-7H2,1-4H3,(H2,26,35)(H,27,28)/t9-,11-,15-,24-/m0/s1. The molecule has 0 aromatic carbocycles. The SMILES string of the molecule is CC(C)CNc1nc(Cl)c2c(c1O)C(=O)C1=C(O)[C@]3(O)C(=O)C(C(N)=O)=C(O)[C@@H](N(C)C)[C@@H]3C[C@@H]1C2. The maximum atomic E-state index is 13.7. The third-order valence-electron chi connectivity index (χ3n) is 7.21. The van der Waals surface area contributed by atoms with E-state index in [4.69, 9.17) is 17.3 Å². The second-order valence-electron chi connectivity index (χ2n) is 10.2. The second-order valence-corrected chi connectivity index (χ2v) is 10.5. The number of anilines is 1. The van der Waals surface area contributed by atoms with Crippen LogP contribution in [0.15, 0.2) is 22.7 Å². The molecule has 4 rings (SSSR count). The number of nitrogens with zero attached hydrogens (tertiary/aromatic N) is 2. The van der Waals surface area contributed by atoms with Crippen LogP contribution in [0, 0.1) is 17.8 Å². The van der Waals surface area contributed by atoms with Gasteiger partial charge < -0.3 is 31.5 Å². The Kier molecular flexibility index (Phi) is 6.30. The van der Waals surface area contributed by atoms with E-state index in [9.17, 15) is 34.8 Å². The molecule has 12 heteroatoms. The minimum Gasteiger partial charge on any atom is -0.510 e. The van der Waals surface area contributed by atoms with Gasteiger partial charge in [-0.05, 0) is 38.8 Å². The average Bonchev–Trinajstić information content (AvgIpc) is 2.77. The molecule has 11 nitrogen and oxygen atoms in total. The summed E-state index contributed by atoms with van der Waals surface area (Å²) in [5, 5.41) is 47.5. The van der Waals surface area contributed by atoms with Crippen LogP contribution in [-0.4, -0.2) is 80.1 Å². The number of aromatic hydroxyl groups is 1. The van der Waals surface area contributed by atoms with Crippen molar-refractivity contribution in [2.45, 2.75) is 38.3 Å². The number of nitrogens with two attached hydrogens (primary N) is 1. The molecule has 3 aliphatic rings. The number of allylic oxidation sites excluding steroid dienone is 1. The summed E-state index contributed by atoms with van der Waals surface area (Å²) in [5.74, 6) is -6.98. The summed E-state index contributed by atoms with van der Waals surface area (Å²) in [6.45, 7) is 4.32. The minimum atomic E-state index is -2.68. The minimum absolute atomic E-state index is 0.00276. The maximum absolute atomic E-state index is 13.7. The zero-order chi connectivity index (χ0) is 26.9. The van der Waals surface area contributed by atoms with Gasteiger partial charge in [0.05, 0.1) is 11.6 Å². The van der Waals surface area contributed by atoms with Crippen molar-refractivity contribution in [3.8, 4) is 5.75 Å². The van der Waals surface area contributed by atoms with E-state index in [1.807, 2.05) is 13.8 Å². The number of nitrogens with one attached hydrogen (secondary N) is 1. The van der Waals surface area contributed by atoms with E-state index >= 15 is 0 Å². The number of hydrogen-bond acceptors (Lipinski definition) is 10. The first kappa shape index (κ1) is 25.9. The fourth-order valence-corrected chi connectivity index (χ4v) is 5.84. The molecule has 194 valence electrons. The van der Waals surface area contributed by atoms with Crippen LogP contribution >= 0.6 is 11.6 Å². The molecule has 1 aromatic rings. The molecule has 0 bridgehead atoms. The van der Waals surface area contributed by atoms with Gasteiger partial charge in [-0.25, -0.2) is 4.98 Å². The van der Waals surface area contributed by atoms with Crippen LogP contribution in [0.2, 0.25) is 5.15 Å². The highest BCUT2D eigenvalue weighted by Gasteiger charge is 2.63.